The fourth-order valence-corrected chi connectivity index (χ4v) is 2.76. The molecule has 0 N–H and O–H groups in total. The van der Waals surface area contributed by atoms with E-state index in [4.69, 9.17) is 4.74 Å². The molecule has 0 bridgehead atoms. The Balaban J connectivity index is 1.84. The van der Waals surface area contributed by atoms with Crippen LogP contribution in [-0.2, 0) is 4.74 Å². The normalized spacial score (nSPS) is 35.4. The van der Waals surface area contributed by atoms with Crippen LogP contribution in [0.5, 0.6) is 0 Å². The Morgan fingerprint density at radius 3 is 2.71 bits per heavy atom. The van der Waals surface area contributed by atoms with Crippen molar-refractivity contribution < 1.29 is 9.13 Å². The molecule has 4 unspecified atom stereocenters. The van der Waals surface area contributed by atoms with Gasteiger partial charge in [0.25, 0.3) is 0 Å². The van der Waals surface area contributed by atoms with Gasteiger partial charge in [-0.2, -0.15) is 0 Å². The zero-order valence-corrected chi connectivity index (χ0v) is 11.0. The first-order valence-corrected chi connectivity index (χ1v) is 6.59. The maximum absolute atomic E-state index is 13.5. The number of ether oxygens (including phenoxy) is 1. The van der Waals surface area contributed by atoms with Gasteiger partial charge in [-0.1, -0.05) is 22.9 Å². The average Bonchev–Trinajstić information content (AvgIpc) is 2.82. The van der Waals surface area contributed by atoms with Crippen molar-refractivity contribution in [1.29, 1.82) is 0 Å². The monoisotopic (exact) mass is 297 g/mol. The molecule has 2 nitrogen and oxygen atoms in total. The van der Waals surface area contributed by atoms with Crippen molar-refractivity contribution in [3.8, 4) is 0 Å². The van der Waals surface area contributed by atoms with Crippen LogP contribution in [0, 0.1) is 5.92 Å². The highest BCUT2D eigenvalue weighted by Crippen LogP contribution is 2.37. The van der Waals surface area contributed by atoms with E-state index in [9.17, 15) is 4.39 Å². The van der Waals surface area contributed by atoms with Crippen molar-refractivity contribution in [3.63, 3.8) is 0 Å². The lowest BCUT2D eigenvalue weighted by atomic mass is 10.1. The molecule has 0 spiro atoms. The van der Waals surface area contributed by atoms with E-state index in [1.807, 2.05) is 31.2 Å². The second-order valence-electron chi connectivity index (χ2n) is 4.70. The van der Waals surface area contributed by atoms with Crippen LogP contribution >= 0.6 is 15.9 Å². The third kappa shape index (κ3) is 1.88. The van der Waals surface area contributed by atoms with E-state index in [2.05, 4.69) is 20.9 Å². The number of hydrogen-bond acceptors (Lipinski definition) is 2. The zero-order chi connectivity index (χ0) is 12.0. The molecule has 1 fully saturated rings. The molecule has 17 heavy (non-hydrogen) atoms. The maximum atomic E-state index is 13.5. The van der Waals surface area contributed by atoms with E-state index in [1.165, 1.54) is 0 Å². The highest BCUT2D eigenvalue weighted by atomic mass is 79.9. The third-order valence-corrected chi connectivity index (χ3v) is 4.09. The minimum absolute atomic E-state index is 0.00125. The molecule has 90 valence electrons. The smallest absolute Gasteiger partial charge is 0.216 e. The summed E-state index contributed by atoms with van der Waals surface area (Å²) in [4.78, 5) is 4.49. The van der Waals surface area contributed by atoms with Crippen LogP contribution in [0.4, 0.5) is 4.39 Å². The van der Waals surface area contributed by atoms with Crippen LogP contribution in [0.1, 0.15) is 18.9 Å². The molecule has 0 radical (unpaired) electrons. The Hall–Kier alpha value is -0.900. The Bertz CT molecular complexity index is 459. The average molecular weight is 298 g/mol. The summed E-state index contributed by atoms with van der Waals surface area (Å²) in [6, 6.07) is 7.83. The molecule has 4 heteroatoms. The van der Waals surface area contributed by atoms with E-state index in [0.717, 1.165) is 10.0 Å². The molecule has 0 aromatic heterocycles. The summed E-state index contributed by atoms with van der Waals surface area (Å²) >= 11 is 3.39. The lowest BCUT2D eigenvalue weighted by Crippen LogP contribution is -2.23. The van der Waals surface area contributed by atoms with Crippen LogP contribution in [0.15, 0.2) is 33.7 Å². The predicted molar refractivity (Wildman–Crippen MR) is 68.0 cm³/mol. The fourth-order valence-electron chi connectivity index (χ4n) is 2.49. The Labute approximate surface area is 108 Å². The molecule has 1 aliphatic heterocycles. The second kappa shape index (κ2) is 4.09. The number of alkyl halides is 1. The summed E-state index contributed by atoms with van der Waals surface area (Å²) in [6.07, 6.45) is -0.366. The van der Waals surface area contributed by atoms with Crippen LogP contribution in [0.25, 0.3) is 0 Å². The molecule has 1 heterocycles. The number of nitrogens with zero attached hydrogens (tertiary/aromatic N) is 1. The number of aliphatic imine (C=N–C) groups is 1. The van der Waals surface area contributed by atoms with E-state index in [-0.39, 0.29) is 18.1 Å². The number of hydrogen-bond donors (Lipinski definition) is 0. The Kier molecular flexibility index (Phi) is 2.69. The van der Waals surface area contributed by atoms with Crippen molar-refractivity contribution in [2.75, 3.05) is 0 Å². The van der Waals surface area contributed by atoms with Crippen molar-refractivity contribution in [2.24, 2.45) is 10.9 Å². The first-order valence-electron chi connectivity index (χ1n) is 5.79. The van der Waals surface area contributed by atoms with Gasteiger partial charge in [-0.15, -0.1) is 0 Å². The summed E-state index contributed by atoms with van der Waals surface area (Å²) in [5.41, 5.74) is 0.963. The molecular formula is C13H13BrFNO. The van der Waals surface area contributed by atoms with Crippen LogP contribution in [0.2, 0.25) is 0 Å². The number of halogens is 2. The first kappa shape index (κ1) is 11.2. The van der Waals surface area contributed by atoms with Gasteiger partial charge >= 0.3 is 0 Å². The van der Waals surface area contributed by atoms with Crippen molar-refractivity contribution in [1.82, 2.24) is 0 Å². The molecule has 1 aliphatic carbocycles. The molecule has 0 saturated heterocycles. The lowest BCUT2D eigenvalue weighted by Gasteiger charge is -2.15. The molecule has 4 atom stereocenters. The molecule has 2 aliphatic rings. The zero-order valence-electron chi connectivity index (χ0n) is 9.44. The van der Waals surface area contributed by atoms with Gasteiger partial charge in [-0.25, -0.2) is 9.38 Å². The van der Waals surface area contributed by atoms with E-state index in [1.54, 1.807) is 0 Å². The quantitative estimate of drug-likeness (QED) is 0.779. The van der Waals surface area contributed by atoms with Crippen molar-refractivity contribution in [2.45, 2.75) is 31.7 Å². The largest absolute Gasteiger partial charge is 0.471 e. The van der Waals surface area contributed by atoms with Gasteiger partial charge in [-0.3, -0.25) is 0 Å². The predicted octanol–water partition coefficient (Wildman–Crippen LogP) is 3.34. The lowest BCUT2D eigenvalue weighted by molar-refractivity contribution is 0.137. The summed E-state index contributed by atoms with van der Waals surface area (Å²) in [7, 11) is 0. The summed E-state index contributed by atoms with van der Waals surface area (Å²) in [5, 5.41) is 0. The van der Waals surface area contributed by atoms with E-state index in [0.29, 0.717) is 12.3 Å². The van der Waals surface area contributed by atoms with Gasteiger partial charge in [-0.05, 0) is 24.3 Å². The van der Waals surface area contributed by atoms with Crippen molar-refractivity contribution >= 4 is 21.8 Å². The van der Waals surface area contributed by atoms with Gasteiger partial charge in [0.2, 0.25) is 5.90 Å². The fraction of sp³-hybridized carbons (Fsp3) is 0.462. The van der Waals surface area contributed by atoms with Gasteiger partial charge in [0, 0.05) is 22.4 Å². The van der Waals surface area contributed by atoms with E-state index >= 15 is 0 Å². The van der Waals surface area contributed by atoms with Gasteiger partial charge in [0.1, 0.15) is 12.3 Å². The molecule has 1 aromatic carbocycles. The minimum atomic E-state index is -0.778. The number of fused-ring (bicyclic) bond motifs is 1. The minimum Gasteiger partial charge on any atom is -0.471 e. The molecule has 0 amide bonds. The maximum Gasteiger partial charge on any atom is 0.216 e. The van der Waals surface area contributed by atoms with Crippen LogP contribution in [0.3, 0.4) is 0 Å². The Morgan fingerprint density at radius 2 is 2.06 bits per heavy atom. The summed E-state index contributed by atoms with van der Waals surface area (Å²) in [6.45, 7) is 1.90. The SMILES string of the molecule is CC1C(F)CC2N=C(c3ccc(Br)cc3)OC21. The summed E-state index contributed by atoms with van der Waals surface area (Å²) < 4.78 is 20.3. The highest BCUT2D eigenvalue weighted by Gasteiger charge is 2.46. The molecular weight excluding hydrogens is 285 g/mol. The van der Waals surface area contributed by atoms with Gasteiger partial charge in [0.15, 0.2) is 0 Å². The number of benzene rings is 1. The third-order valence-electron chi connectivity index (χ3n) is 3.56. The van der Waals surface area contributed by atoms with Gasteiger partial charge < -0.3 is 4.74 Å². The van der Waals surface area contributed by atoms with Crippen LogP contribution < -0.4 is 0 Å². The van der Waals surface area contributed by atoms with E-state index < -0.39 is 6.17 Å². The second-order valence-corrected chi connectivity index (χ2v) is 5.62. The number of rotatable bonds is 1. The van der Waals surface area contributed by atoms with Crippen molar-refractivity contribution in [3.05, 3.63) is 34.3 Å². The Morgan fingerprint density at radius 1 is 1.35 bits per heavy atom. The molecule has 3 rings (SSSR count). The molecule has 1 saturated carbocycles. The standard InChI is InChI=1S/C13H13BrFNO/c1-7-10(15)6-11-12(7)17-13(16-11)8-2-4-9(14)5-3-8/h2-5,7,10-12H,6H2,1H3. The summed E-state index contributed by atoms with van der Waals surface area (Å²) in [5.74, 6) is 0.600. The first-order chi connectivity index (χ1) is 8.15. The highest BCUT2D eigenvalue weighted by molar-refractivity contribution is 9.10. The van der Waals surface area contributed by atoms with Gasteiger partial charge in [0.05, 0.1) is 6.04 Å². The topological polar surface area (TPSA) is 21.6 Å². The molecule has 1 aromatic rings. The van der Waals surface area contributed by atoms with Crippen LogP contribution in [-0.4, -0.2) is 24.2 Å².